The Morgan fingerprint density at radius 1 is 1.55 bits per heavy atom. The van der Waals surface area contributed by atoms with E-state index < -0.39 is 16.0 Å². The number of aliphatic carboxylic acids is 1. The molecule has 1 N–H and O–H groups in total. The molecule has 1 heterocycles. The van der Waals surface area contributed by atoms with Gasteiger partial charge in [-0.1, -0.05) is 6.92 Å². The van der Waals surface area contributed by atoms with Crippen LogP contribution < -0.4 is 0 Å². The Bertz CT molecular complexity index is 540. The Hall–Kier alpha value is -1.45. The van der Waals surface area contributed by atoms with E-state index in [1.54, 1.807) is 6.92 Å². The van der Waals surface area contributed by atoms with Crippen molar-refractivity contribution >= 4 is 16.0 Å². The van der Waals surface area contributed by atoms with Crippen LogP contribution >= 0.6 is 0 Å². The van der Waals surface area contributed by atoms with Crippen LogP contribution in [0.2, 0.25) is 0 Å². The predicted molar refractivity (Wildman–Crippen MR) is 70.8 cm³/mol. The lowest BCUT2D eigenvalue weighted by atomic mass is 10.4. The van der Waals surface area contributed by atoms with Gasteiger partial charge in [-0.2, -0.15) is 9.40 Å². The number of carbonyl (C=O) groups is 1. The average Bonchev–Trinajstić information content (AvgIpc) is 2.86. The summed E-state index contributed by atoms with van der Waals surface area (Å²) >= 11 is 0. The van der Waals surface area contributed by atoms with E-state index in [1.165, 1.54) is 28.5 Å². The van der Waals surface area contributed by atoms with Gasteiger partial charge in [0.15, 0.2) is 0 Å². The molecule has 1 aromatic heterocycles. The summed E-state index contributed by atoms with van der Waals surface area (Å²) < 4.78 is 32.1. The summed E-state index contributed by atoms with van der Waals surface area (Å²) in [6.45, 7) is 2.76. The number of ether oxygens (including phenoxy) is 1. The van der Waals surface area contributed by atoms with E-state index in [0.29, 0.717) is 13.2 Å². The van der Waals surface area contributed by atoms with E-state index in [2.05, 4.69) is 5.10 Å². The molecule has 0 fully saturated rings. The van der Waals surface area contributed by atoms with Crippen molar-refractivity contribution in [1.29, 1.82) is 0 Å². The van der Waals surface area contributed by atoms with Gasteiger partial charge in [0, 0.05) is 26.4 Å². The quantitative estimate of drug-likeness (QED) is 0.690. The third kappa shape index (κ3) is 4.29. The molecule has 0 amide bonds. The lowest BCUT2D eigenvalue weighted by Crippen LogP contribution is -2.33. The normalized spacial score (nSPS) is 11.9. The second-order valence-electron chi connectivity index (χ2n) is 4.07. The lowest BCUT2D eigenvalue weighted by molar-refractivity contribution is -0.137. The fourth-order valence-corrected chi connectivity index (χ4v) is 2.99. The Labute approximate surface area is 118 Å². The molecular weight excluding hydrogens is 286 g/mol. The van der Waals surface area contributed by atoms with Gasteiger partial charge in [0.2, 0.25) is 10.0 Å². The van der Waals surface area contributed by atoms with E-state index in [1.807, 2.05) is 0 Å². The highest BCUT2D eigenvalue weighted by atomic mass is 32.2. The molecule has 9 heteroatoms. The number of likely N-dealkylation sites (N-methyl/N-ethyl adjacent to an activating group) is 1. The highest BCUT2D eigenvalue weighted by Gasteiger charge is 2.24. The van der Waals surface area contributed by atoms with Gasteiger partial charge in [-0.25, -0.2) is 8.42 Å². The maximum absolute atomic E-state index is 12.3. The zero-order valence-electron chi connectivity index (χ0n) is 11.5. The molecule has 0 saturated carbocycles. The number of aromatic nitrogens is 2. The molecule has 0 aliphatic carbocycles. The molecule has 0 radical (unpaired) electrons. The number of carboxylic acid groups (broad SMARTS) is 1. The van der Waals surface area contributed by atoms with Crippen molar-refractivity contribution in [3.63, 3.8) is 0 Å². The van der Waals surface area contributed by atoms with Crippen LogP contribution in [0.4, 0.5) is 0 Å². The van der Waals surface area contributed by atoms with E-state index in [4.69, 9.17) is 9.84 Å². The third-order valence-corrected chi connectivity index (χ3v) is 4.63. The molecule has 0 bridgehead atoms. The monoisotopic (exact) mass is 305 g/mol. The molecule has 8 nitrogen and oxygen atoms in total. The van der Waals surface area contributed by atoms with Crippen molar-refractivity contribution < 1.29 is 23.1 Å². The van der Waals surface area contributed by atoms with Gasteiger partial charge in [0.05, 0.1) is 25.8 Å². The molecule has 0 aliphatic rings. The van der Waals surface area contributed by atoms with Gasteiger partial charge in [-0.15, -0.1) is 0 Å². The maximum Gasteiger partial charge on any atom is 0.305 e. The summed E-state index contributed by atoms with van der Waals surface area (Å²) in [7, 11) is -2.11. The first-order chi connectivity index (χ1) is 9.41. The minimum atomic E-state index is -3.62. The number of sulfonamides is 1. The van der Waals surface area contributed by atoms with Gasteiger partial charge >= 0.3 is 5.97 Å². The highest BCUT2D eigenvalue weighted by molar-refractivity contribution is 7.89. The highest BCUT2D eigenvalue weighted by Crippen LogP contribution is 2.14. The Kier molecular flexibility index (Phi) is 6.11. The van der Waals surface area contributed by atoms with E-state index in [9.17, 15) is 13.2 Å². The van der Waals surface area contributed by atoms with Crippen molar-refractivity contribution in [3.05, 3.63) is 12.4 Å². The number of nitrogens with zero attached hydrogens (tertiary/aromatic N) is 3. The zero-order chi connectivity index (χ0) is 15.2. The molecule has 0 atom stereocenters. The SMILES string of the molecule is CCN(CCOC)S(=O)(=O)c1cnn(CCC(=O)O)c1. The van der Waals surface area contributed by atoms with Crippen LogP contribution in [0.25, 0.3) is 0 Å². The van der Waals surface area contributed by atoms with E-state index in [0.717, 1.165) is 0 Å². The molecule has 1 aromatic rings. The van der Waals surface area contributed by atoms with Crippen LogP contribution in [-0.4, -0.2) is 60.4 Å². The molecular formula is C11H19N3O5S. The molecule has 20 heavy (non-hydrogen) atoms. The van der Waals surface area contributed by atoms with Gasteiger partial charge in [-0.05, 0) is 0 Å². The van der Waals surface area contributed by atoms with Crippen LogP contribution in [0, 0.1) is 0 Å². The van der Waals surface area contributed by atoms with Crippen LogP contribution in [-0.2, 0) is 26.1 Å². The van der Waals surface area contributed by atoms with Crippen LogP contribution in [0.15, 0.2) is 17.3 Å². The zero-order valence-corrected chi connectivity index (χ0v) is 12.3. The first-order valence-electron chi connectivity index (χ1n) is 6.15. The topological polar surface area (TPSA) is 102 Å². The summed E-state index contributed by atoms with van der Waals surface area (Å²) in [6, 6.07) is 0. The first kappa shape index (κ1) is 16.6. The minimum Gasteiger partial charge on any atom is -0.481 e. The van der Waals surface area contributed by atoms with Gasteiger partial charge in [-0.3, -0.25) is 9.48 Å². The Morgan fingerprint density at radius 3 is 2.80 bits per heavy atom. The molecule has 0 aromatic carbocycles. The van der Waals surface area contributed by atoms with Crippen LogP contribution in [0.5, 0.6) is 0 Å². The van der Waals surface area contributed by atoms with Crippen molar-refractivity contribution in [2.75, 3.05) is 26.8 Å². The largest absolute Gasteiger partial charge is 0.481 e. The summed E-state index contributed by atoms with van der Waals surface area (Å²) in [5.41, 5.74) is 0. The first-order valence-corrected chi connectivity index (χ1v) is 7.59. The number of hydrogen-bond donors (Lipinski definition) is 1. The number of rotatable bonds is 9. The number of hydrogen-bond acceptors (Lipinski definition) is 5. The average molecular weight is 305 g/mol. The number of aryl methyl sites for hydroxylation is 1. The van der Waals surface area contributed by atoms with E-state index >= 15 is 0 Å². The molecule has 0 spiro atoms. The van der Waals surface area contributed by atoms with Gasteiger partial charge in [0.25, 0.3) is 0 Å². The predicted octanol–water partition coefficient (Wildman–Crippen LogP) is 0.0148. The third-order valence-electron chi connectivity index (χ3n) is 2.70. The smallest absolute Gasteiger partial charge is 0.305 e. The summed E-state index contributed by atoms with van der Waals surface area (Å²) in [6.07, 6.45) is 2.46. The standard InChI is InChI=1S/C11H19N3O5S/c1-3-14(6-7-19-2)20(17,18)10-8-12-13(9-10)5-4-11(15)16/h8-9H,3-7H2,1-2H3,(H,15,16). The molecule has 0 unspecified atom stereocenters. The molecule has 114 valence electrons. The minimum absolute atomic E-state index is 0.0563. The van der Waals surface area contributed by atoms with E-state index in [-0.39, 0.29) is 24.4 Å². The van der Waals surface area contributed by atoms with Crippen molar-refractivity contribution in [1.82, 2.24) is 14.1 Å². The summed E-state index contributed by atoms with van der Waals surface area (Å²) in [5, 5.41) is 12.5. The van der Waals surface area contributed by atoms with Crippen LogP contribution in [0.3, 0.4) is 0 Å². The van der Waals surface area contributed by atoms with Crippen LogP contribution in [0.1, 0.15) is 13.3 Å². The second-order valence-corrected chi connectivity index (χ2v) is 6.01. The molecule has 0 saturated heterocycles. The van der Waals surface area contributed by atoms with Crippen molar-refractivity contribution in [2.24, 2.45) is 0 Å². The number of carboxylic acids is 1. The summed E-state index contributed by atoms with van der Waals surface area (Å²) in [4.78, 5) is 10.5. The maximum atomic E-state index is 12.3. The lowest BCUT2D eigenvalue weighted by Gasteiger charge is -2.18. The van der Waals surface area contributed by atoms with Gasteiger partial charge in [0.1, 0.15) is 4.90 Å². The Balaban J connectivity index is 2.83. The summed E-state index contributed by atoms with van der Waals surface area (Å²) in [5.74, 6) is -0.958. The fraction of sp³-hybridized carbons (Fsp3) is 0.636. The second kappa shape index (κ2) is 7.36. The van der Waals surface area contributed by atoms with Gasteiger partial charge < -0.3 is 9.84 Å². The van der Waals surface area contributed by atoms with Crippen molar-refractivity contribution in [3.8, 4) is 0 Å². The molecule has 1 rings (SSSR count). The fourth-order valence-electron chi connectivity index (χ4n) is 1.60. The van der Waals surface area contributed by atoms with Crippen molar-refractivity contribution in [2.45, 2.75) is 24.8 Å². The number of methoxy groups -OCH3 is 1. The Morgan fingerprint density at radius 2 is 2.25 bits per heavy atom. The molecule has 0 aliphatic heterocycles.